The van der Waals surface area contributed by atoms with Crippen molar-refractivity contribution in [2.45, 2.75) is 0 Å². The van der Waals surface area contributed by atoms with E-state index in [2.05, 4.69) is 11.8 Å². The summed E-state index contributed by atoms with van der Waals surface area (Å²) in [5.41, 5.74) is 6.21. The van der Waals surface area contributed by atoms with E-state index in [1.807, 2.05) is 36.2 Å². The van der Waals surface area contributed by atoms with E-state index in [1.165, 1.54) is 6.26 Å². The van der Waals surface area contributed by atoms with Gasteiger partial charge in [-0.15, -0.1) is 0 Å². The number of rotatable bonds is 7. The van der Waals surface area contributed by atoms with Crippen LogP contribution in [0.5, 0.6) is 5.75 Å². The van der Waals surface area contributed by atoms with Crippen molar-refractivity contribution in [2.24, 2.45) is 5.73 Å². The molecule has 6 heteroatoms. The molecule has 2 N–H and O–H groups in total. The lowest BCUT2D eigenvalue weighted by molar-refractivity contribution is 0.244. The largest absolute Gasteiger partial charge is 0.492 e. The zero-order valence-electron chi connectivity index (χ0n) is 12.5. The van der Waals surface area contributed by atoms with E-state index in [9.17, 15) is 8.42 Å². The van der Waals surface area contributed by atoms with Gasteiger partial charge in [-0.25, -0.2) is 8.42 Å². The lowest BCUT2D eigenvalue weighted by Crippen LogP contribution is -2.29. The summed E-state index contributed by atoms with van der Waals surface area (Å²) in [7, 11) is -1.04. The topological polar surface area (TPSA) is 72.6 Å². The standard InChI is InChI=1S/C15H22N2O3S/c1-17(11-13-21(2,18)19)10-12-20-15-7-5-14(6-8-15)4-3-9-16/h5-8H,9-13,16H2,1-2H3. The molecule has 21 heavy (non-hydrogen) atoms. The van der Waals surface area contributed by atoms with Gasteiger partial charge in [-0.05, 0) is 31.3 Å². The molecule has 0 aliphatic rings. The van der Waals surface area contributed by atoms with Crippen LogP contribution in [0.1, 0.15) is 5.56 Å². The van der Waals surface area contributed by atoms with Crippen molar-refractivity contribution in [3.8, 4) is 17.6 Å². The van der Waals surface area contributed by atoms with Gasteiger partial charge in [-0.3, -0.25) is 0 Å². The molecule has 5 nitrogen and oxygen atoms in total. The van der Waals surface area contributed by atoms with Gasteiger partial charge >= 0.3 is 0 Å². The van der Waals surface area contributed by atoms with Gasteiger partial charge in [0.15, 0.2) is 0 Å². The molecule has 0 saturated heterocycles. The third-order valence-corrected chi connectivity index (χ3v) is 3.70. The van der Waals surface area contributed by atoms with Gasteiger partial charge in [-0.2, -0.15) is 0 Å². The number of nitrogens with two attached hydrogens (primary N) is 1. The van der Waals surface area contributed by atoms with Crippen molar-refractivity contribution in [2.75, 3.05) is 45.3 Å². The van der Waals surface area contributed by atoms with E-state index < -0.39 is 9.84 Å². The second kappa shape index (κ2) is 8.67. The first kappa shape index (κ1) is 17.5. The predicted octanol–water partition coefficient (Wildman–Crippen LogP) is 0.352. The quantitative estimate of drug-likeness (QED) is 0.736. The SMILES string of the molecule is CN(CCOc1ccc(C#CCN)cc1)CCS(C)(=O)=O. The number of sulfone groups is 1. The van der Waals surface area contributed by atoms with Crippen LogP contribution in [-0.4, -0.2) is 58.6 Å². The van der Waals surface area contributed by atoms with Crippen molar-refractivity contribution < 1.29 is 13.2 Å². The van der Waals surface area contributed by atoms with E-state index in [0.29, 0.717) is 26.2 Å². The summed E-state index contributed by atoms with van der Waals surface area (Å²) in [5, 5.41) is 0. The molecule has 0 heterocycles. The molecule has 0 saturated carbocycles. The summed E-state index contributed by atoms with van der Waals surface area (Å²) in [6.45, 7) is 2.03. The van der Waals surface area contributed by atoms with E-state index >= 15 is 0 Å². The summed E-state index contributed by atoms with van der Waals surface area (Å²) < 4.78 is 27.7. The average Bonchev–Trinajstić information content (AvgIpc) is 2.43. The Morgan fingerprint density at radius 1 is 1.24 bits per heavy atom. The Bertz CT molecular complexity index is 586. The minimum Gasteiger partial charge on any atom is -0.492 e. The van der Waals surface area contributed by atoms with Crippen molar-refractivity contribution in [3.05, 3.63) is 29.8 Å². The number of likely N-dealkylation sites (N-methyl/N-ethyl adjacent to an activating group) is 1. The summed E-state index contributed by atoms with van der Waals surface area (Å²) in [4.78, 5) is 1.93. The molecule has 0 atom stereocenters. The molecular formula is C15H22N2O3S. The summed E-state index contributed by atoms with van der Waals surface area (Å²) >= 11 is 0. The van der Waals surface area contributed by atoms with Crippen LogP contribution in [0.2, 0.25) is 0 Å². The zero-order valence-corrected chi connectivity index (χ0v) is 13.3. The van der Waals surface area contributed by atoms with Crippen molar-refractivity contribution in [3.63, 3.8) is 0 Å². The lowest BCUT2D eigenvalue weighted by atomic mass is 10.2. The van der Waals surface area contributed by atoms with Gasteiger partial charge < -0.3 is 15.4 Å². The molecule has 0 unspecified atom stereocenters. The maximum absolute atomic E-state index is 11.1. The van der Waals surface area contributed by atoms with Gasteiger partial charge in [0.05, 0.1) is 12.3 Å². The van der Waals surface area contributed by atoms with Crippen molar-refractivity contribution in [1.29, 1.82) is 0 Å². The molecule has 0 aromatic heterocycles. The van der Waals surface area contributed by atoms with E-state index in [1.54, 1.807) is 0 Å². The second-order valence-electron chi connectivity index (χ2n) is 4.81. The minimum absolute atomic E-state index is 0.165. The predicted molar refractivity (Wildman–Crippen MR) is 85.1 cm³/mol. The van der Waals surface area contributed by atoms with Crippen LogP contribution in [0.4, 0.5) is 0 Å². The lowest BCUT2D eigenvalue weighted by Gasteiger charge is -2.16. The van der Waals surface area contributed by atoms with Crippen LogP contribution in [-0.2, 0) is 9.84 Å². The highest BCUT2D eigenvalue weighted by molar-refractivity contribution is 7.90. The van der Waals surface area contributed by atoms with Crippen LogP contribution in [0.3, 0.4) is 0 Å². The van der Waals surface area contributed by atoms with Gasteiger partial charge in [0, 0.05) is 24.9 Å². The number of benzene rings is 1. The fourth-order valence-electron chi connectivity index (χ4n) is 1.54. The highest BCUT2D eigenvalue weighted by Crippen LogP contribution is 2.11. The Morgan fingerprint density at radius 3 is 2.48 bits per heavy atom. The molecule has 0 radical (unpaired) electrons. The average molecular weight is 310 g/mol. The summed E-state index contributed by atoms with van der Waals surface area (Å²) in [6, 6.07) is 7.48. The molecule has 1 rings (SSSR count). The van der Waals surface area contributed by atoms with E-state index in [4.69, 9.17) is 10.5 Å². The first-order valence-corrected chi connectivity index (χ1v) is 8.75. The Labute approximate surface area is 127 Å². The Balaban J connectivity index is 2.32. The number of nitrogens with zero attached hydrogens (tertiary/aromatic N) is 1. The van der Waals surface area contributed by atoms with Crippen LogP contribution in [0, 0.1) is 11.8 Å². The summed E-state index contributed by atoms with van der Waals surface area (Å²) in [5.74, 6) is 6.66. The molecule has 1 aromatic rings. The summed E-state index contributed by atoms with van der Waals surface area (Å²) in [6.07, 6.45) is 1.24. The highest BCUT2D eigenvalue weighted by atomic mass is 32.2. The third kappa shape index (κ3) is 8.35. The number of hydrogen-bond donors (Lipinski definition) is 1. The van der Waals surface area contributed by atoms with Crippen molar-refractivity contribution in [1.82, 2.24) is 4.90 Å². The van der Waals surface area contributed by atoms with Crippen LogP contribution >= 0.6 is 0 Å². The van der Waals surface area contributed by atoms with Gasteiger partial charge in [-0.1, -0.05) is 11.8 Å². The molecule has 0 amide bonds. The maximum Gasteiger partial charge on any atom is 0.148 e. The Hall–Kier alpha value is -1.55. The molecule has 0 spiro atoms. The second-order valence-corrected chi connectivity index (χ2v) is 7.07. The molecule has 0 aliphatic heterocycles. The van der Waals surface area contributed by atoms with E-state index in [0.717, 1.165) is 11.3 Å². The van der Waals surface area contributed by atoms with Gasteiger partial charge in [0.25, 0.3) is 0 Å². The fraction of sp³-hybridized carbons (Fsp3) is 0.467. The zero-order chi connectivity index (χ0) is 15.7. The first-order chi connectivity index (χ1) is 9.90. The number of hydrogen-bond acceptors (Lipinski definition) is 5. The van der Waals surface area contributed by atoms with Gasteiger partial charge in [0.1, 0.15) is 22.2 Å². The molecular weight excluding hydrogens is 288 g/mol. The monoisotopic (exact) mass is 310 g/mol. The van der Waals surface area contributed by atoms with Crippen molar-refractivity contribution >= 4 is 9.84 Å². The van der Waals surface area contributed by atoms with Crippen LogP contribution in [0.15, 0.2) is 24.3 Å². The molecule has 0 fully saturated rings. The minimum atomic E-state index is -2.91. The number of ether oxygens (including phenoxy) is 1. The van der Waals surface area contributed by atoms with Crippen LogP contribution in [0.25, 0.3) is 0 Å². The molecule has 1 aromatic carbocycles. The fourth-order valence-corrected chi connectivity index (χ4v) is 2.18. The Morgan fingerprint density at radius 2 is 1.90 bits per heavy atom. The smallest absolute Gasteiger partial charge is 0.148 e. The normalized spacial score (nSPS) is 11.0. The molecule has 0 aliphatic carbocycles. The molecule has 116 valence electrons. The third-order valence-electron chi connectivity index (χ3n) is 2.77. The molecule has 0 bridgehead atoms. The Kier molecular flexibility index (Phi) is 7.23. The van der Waals surface area contributed by atoms with Gasteiger partial charge in [0.2, 0.25) is 0 Å². The van der Waals surface area contributed by atoms with Crippen LogP contribution < -0.4 is 10.5 Å². The first-order valence-electron chi connectivity index (χ1n) is 6.69. The maximum atomic E-state index is 11.1. The van der Waals surface area contributed by atoms with E-state index in [-0.39, 0.29) is 5.75 Å². The highest BCUT2D eigenvalue weighted by Gasteiger charge is 2.05.